The summed E-state index contributed by atoms with van der Waals surface area (Å²) >= 11 is 1.79. The maximum absolute atomic E-state index is 2.14. The SMILES string of the molecule is [Na].c1ccc2sccc2c1. The molecule has 2 rings (SSSR count). The minimum Gasteiger partial charge on any atom is -0.144 e. The molecule has 45 valence electrons. The first-order valence-corrected chi connectivity index (χ1v) is 3.77. The number of benzene rings is 1. The second kappa shape index (κ2) is 3.54. The van der Waals surface area contributed by atoms with Crippen LogP contribution in [-0.4, -0.2) is 29.6 Å². The van der Waals surface area contributed by atoms with Crippen molar-refractivity contribution in [2.24, 2.45) is 0 Å². The Bertz CT molecular complexity index is 283. The third-order valence-corrected chi connectivity index (χ3v) is 2.26. The molecule has 0 atom stereocenters. The standard InChI is InChI=1S/C8H6S.Na/c1-2-4-8-7(3-1)5-6-9-8;/h1-6H;. The summed E-state index contributed by atoms with van der Waals surface area (Å²) in [7, 11) is 0. The molecule has 0 N–H and O–H groups in total. The Morgan fingerprint density at radius 1 is 1.00 bits per heavy atom. The molecule has 0 unspecified atom stereocenters. The van der Waals surface area contributed by atoms with Gasteiger partial charge in [0.25, 0.3) is 0 Å². The predicted octanol–water partition coefficient (Wildman–Crippen LogP) is 2.52. The number of thiophene rings is 1. The number of hydrogen-bond donors (Lipinski definition) is 0. The van der Waals surface area contributed by atoms with Crippen LogP contribution in [-0.2, 0) is 0 Å². The molecule has 0 aliphatic carbocycles. The van der Waals surface area contributed by atoms with Gasteiger partial charge in [0.05, 0.1) is 0 Å². The Morgan fingerprint density at radius 3 is 2.60 bits per heavy atom. The Labute approximate surface area is 86.2 Å². The van der Waals surface area contributed by atoms with Crippen molar-refractivity contribution in [2.45, 2.75) is 0 Å². The molecule has 0 amide bonds. The minimum absolute atomic E-state index is 0. The fourth-order valence-corrected chi connectivity index (χ4v) is 1.70. The van der Waals surface area contributed by atoms with E-state index >= 15 is 0 Å². The van der Waals surface area contributed by atoms with Crippen molar-refractivity contribution >= 4 is 51.0 Å². The zero-order valence-electron chi connectivity index (χ0n) is 5.87. The smallest absolute Gasteiger partial charge is 0.0342 e. The Balaban J connectivity index is 0.000000500. The average molecular weight is 157 g/mol. The first-order valence-electron chi connectivity index (χ1n) is 2.89. The van der Waals surface area contributed by atoms with Gasteiger partial charge in [0.15, 0.2) is 0 Å². The van der Waals surface area contributed by atoms with Gasteiger partial charge in [-0.1, -0.05) is 18.2 Å². The third-order valence-electron chi connectivity index (χ3n) is 1.36. The van der Waals surface area contributed by atoms with E-state index in [2.05, 4.69) is 35.7 Å². The molecule has 0 spiro atoms. The van der Waals surface area contributed by atoms with Crippen LogP contribution < -0.4 is 0 Å². The fraction of sp³-hybridized carbons (Fsp3) is 0. The Morgan fingerprint density at radius 2 is 1.80 bits per heavy atom. The quantitative estimate of drug-likeness (QED) is 0.515. The maximum Gasteiger partial charge on any atom is 0.0342 e. The van der Waals surface area contributed by atoms with Crippen molar-refractivity contribution in [1.29, 1.82) is 0 Å². The average Bonchev–Trinajstić information content (AvgIpc) is 2.33. The molecule has 2 aromatic rings. The van der Waals surface area contributed by atoms with E-state index in [9.17, 15) is 0 Å². The first kappa shape index (κ1) is 8.28. The summed E-state index contributed by atoms with van der Waals surface area (Å²) in [6, 6.07) is 10.5. The summed E-state index contributed by atoms with van der Waals surface area (Å²) in [6.45, 7) is 0. The van der Waals surface area contributed by atoms with Crippen LogP contribution in [0.4, 0.5) is 0 Å². The molecular formula is C8H6NaS. The van der Waals surface area contributed by atoms with Gasteiger partial charge in [-0.15, -0.1) is 11.3 Å². The molecular weight excluding hydrogens is 151 g/mol. The summed E-state index contributed by atoms with van der Waals surface area (Å²) in [5.74, 6) is 0. The van der Waals surface area contributed by atoms with E-state index < -0.39 is 0 Å². The van der Waals surface area contributed by atoms with Gasteiger partial charge in [-0.3, -0.25) is 0 Å². The van der Waals surface area contributed by atoms with E-state index in [1.807, 2.05) is 0 Å². The molecule has 0 aliphatic heterocycles. The van der Waals surface area contributed by atoms with Crippen molar-refractivity contribution < 1.29 is 0 Å². The molecule has 0 saturated carbocycles. The second-order valence-corrected chi connectivity index (χ2v) is 2.91. The zero-order valence-corrected chi connectivity index (χ0v) is 8.69. The van der Waals surface area contributed by atoms with Crippen molar-refractivity contribution in [3.8, 4) is 0 Å². The van der Waals surface area contributed by atoms with E-state index in [4.69, 9.17) is 0 Å². The molecule has 0 fully saturated rings. The molecule has 0 bridgehead atoms. The summed E-state index contributed by atoms with van der Waals surface area (Å²) < 4.78 is 1.37. The van der Waals surface area contributed by atoms with Crippen molar-refractivity contribution in [2.75, 3.05) is 0 Å². The monoisotopic (exact) mass is 157 g/mol. The summed E-state index contributed by atoms with van der Waals surface area (Å²) in [5, 5.41) is 3.47. The number of rotatable bonds is 0. The van der Waals surface area contributed by atoms with Gasteiger partial charge in [-0.05, 0) is 22.9 Å². The largest absolute Gasteiger partial charge is 0.144 e. The molecule has 2 heteroatoms. The second-order valence-electron chi connectivity index (χ2n) is 1.96. The van der Waals surface area contributed by atoms with Gasteiger partial charge in [-0.2, -0.15) is 0 Å². The fourth-order valence-electron chi connectivity index (χ4n) is 0.906. The van der Waals surface area contributed by atoms with Crippen LogP contribution >= 0.6 is 11.3 Å². The first-order chi connectivity index (χ1) is 4.47. The molecule has 0 saturated heterocycles. The van der Waals surface area contributed by atoms with E-state index in [0.29, 0.717) is 0 Å². The number of hydrogen-bond acceptors (Lipinski definition) is 1. The van der Waals surface area contributed by atoms with Crippen molar-refractivity contribution in [3.63, 3.8) is 0 Å². The van der Waals surface area contributed by atoms with Gasteiger partial charge in [-0.25, -0.2) is 0 Å². The van der Waals surface area contributed by atoms with Gasteiger partial charge in [0, 0.05) is 34.3 Å². The van der Waals surface area contributed by atoms with E-state index in [0.717, 1.165) is 0 Å². The molecule has 0 aliphatic rings. The van der Waals surface area contributed by atoms with Gasteiger partial charge < -0.3 is 0 Å². The Kier molecular flexibility index (Phi) is 2.93. The summed E-state index contributed by atoms with van der Waals surface area (Å²) in [5.41, 5.74) is 0. The minimum atomic E-state index is 0. The molecule has 1 aromatic heterocycles. The Hall–Kier alpha value is 0.180. The van der Waals surface area contributed by atoms with E-state index in [1.54, 1.807) is 11.3 Å². The van der Waals surface area contributed by atoms with Crippen molar-refractivity contribution in [1.82, 2.24) is 0 Å². The molecule has 10 heavy (non-hydrogen) atoms. The predicted molar refractivity (Wildman–Crippen MR) is 47.6 cm³/mol. The maximum atomic E-state index is 2.14. The molecule has 0 nitrogen and oxygen atoms in total. The summed E-state index contributed by atoms with van der Waals surface area (Å²) in [4.78, 5) is 0. The summed E-state index contributed by atoms with van der Waals surface area (Å²) in [6.07, 6.45) is 0. The van der Waals surface area contributed by atoms with Crippen LogP contribution in [0.25, 0.3) is 10.1 Å². The number of fused-ring (bicyclic) bond motifs is 1. The van der Waals surface area contributed by atoms with E-state index in [-0.39, 0.29) is 29.6 Å². The molecule has 1 aromatic carbocycles. The zero-order chi connectivity index (χ0) is 6.10. The molecule has 1 heterocycles. The third kappa shape index (κ3) is 1.43. The van der Waals surface area contributed by atoms with Crippen LogP contribution in [0.5, 0.6) is 0 Å². The normalized spacial score (nSPS) is 9.20. The van der Waals surface area contributed by atoms with Crippen LogP contribution in [0.3, 0.4) is 0 Å². The van der Waals surface area contributed by atoms with Crippen LogP contribution in [0.15, 0.2) is 35.7 Å². The van der Waals surface area contributed by atoms with Crippen molar-refractivity contribution in [3.05, 3.63) is 35.7 Å². The van der Waals surface area contributed by atoms with Gasteiger partial charge in [0.1, 0.15) is 0 Å². The van der Waals surface area contributed by atoms with Crippen LogP contribution in [0, 0.1) is 0 Å². The van der Waals surface area contributed by atoms with Crippen LogP contribution in [0.2, 0.25) is 0 Å². The van der Waals surface area contributed by atoms with E-state index in [1.165, 1.54) is 10.1 Å². The van der Waals surface area contributed by atoms with Crippen LogP contribution in [0.1, 0.15) is 0 Å². The molecule has 1 radical (unpaired) electrons. The topological polar surface area (TPSA) is 0 Å². The van der Waals surface area contributed by atoms with Gasteiger partial charge >= 0.3 is 0 Å². The van der Waals surface area contributed by atoms with Gasteiger partial charge in [0.2, 0.25) is 0 Å².